The lowest BCUT2D eigenvalue weighted by atomic mass is 9.99. The molecule has 0 aliphatic carbocycles. The average molecular weight is 319 g/mol. The third-order valence-electron chi connectivity index (χ3n) is 3.49. The Hall–Kier alpha value is -1.21. The first-order chi connectivity index (χ1) is 9.80. The number of sulfone groups is 1. The topological polar surface area (TPSA) is 55.4 Å². The molecule has 4 nitrogen and oxygen atoms in total. The van der Waals surface area contributed by atoms with Crippen LogP contribution >= 0.6 is 0 Å². The van der Waals surface area contributed by atoms with Crippen molar-refractivity contribution in [2.24, 2.45) is 0 Å². The summed E-state index contributed by atoms with van der Waals surface area (Å²) in [5.74, 6) is -3.42. The molecule has 7 heteroatoms. The van der Waals surface area contributed by atoms with E-state index < -0.39 is 15.6 Å². The van der Waals surface area contributed by atoms with Crippen molar-refractivity contribution in [2.45, 2.75) is 55.6 Å². The summed E-state index contributed by atoms with van der Waals surface area (Å²) in [4.78, 5) is -0.355. The Morgan fingerprint density at radius 3 is 2.33 bits per heavy atom. The molecular weight excluding hydrogens is 300 g/mol. The number of alkyl halides is 2. The Labute approximate surface area is 123 Å². The van der Waals surface area contributed by atoms with Gasteiger partial charge in [-0.3, -0.25) is 0 Å². The van der Waals surface area contributed by atoms with Gasteiger partial charge in [0.1, 0.15) is 0 Å². The maximum atomic E-state index is 12.7. The minimum Gasteiger partial charge on any atom is -0.381 e. The number of anilines is 1. The molecule has 2 unspecified atom stereocenters. The van der Waals surface area contributed by atoms with Crippen molar-refractivity contribution in [1.82, 2.24) is 0 Å². The molecule has 1 aromatic rings. The second-order valence-electron chi connectivity index (χ2n) is 5.37. The Balaban J connectivity index is 2.25. The minimum absolute atomic E-state index is 0.00206. The number of rotatable bonds is 4. The predicted molar refractivity (Wildman–Crippen MR) is 76.3 cm³/mol. The molecule has 1 aliphatic heterocycles. The number of hydrogen-bond donors (Lipinski definition) is 1. The molecular formula is C14H19F2NO3S. The number of para-hydroxylation sites is 1. The van der Waals surface area contributed by atoms with Gasteiger partial charge in [0, 0.05) is 6.04 Å². The summed E-state index contributed by atoms with van der Waals surface area (Å²) in [7, 11) is -4.61. The second kappa shape index (κ2) is 6.27. The van der Waals surface area contributed by atoms with Gasteiger partial charge in [-0.25, -0.2) is 8.42 Å². The SMILES string of the molecule is CC1CC(Nc2ccccc2S(=O)(=O)C(F)F)CC(C)O1. The Morgan fingerprint density at radius 1 is 1.19 bits per heavy atom. The molecule has 0 bridgehead atoms. The van der Waals surface area contributed by atoms with E-state index in [2.05, 4.69) is 5.32 Å². The van der Waals surface area contributed by atoms with Gasteiger partial charge in [-0.1, -0.05) is 12.1 Å². The highest BCUT2D eigenvalue weighted by molar-refractivity contribution is 7.91. The fraction of sp³-hybridized carbons (Fsp3) is 0.571. The van der Waals surface area contributed by atoms with E-state index in [0.29, 0.717) is 12.8 Å². The van der Waals surface area contributed by atoms with Crippen LogP contribution in [-0.2, 0) is 14.6 Å². The van der Waals surface area contributed by atoms with Gasteiger partial charge in [0.25, 0.3) is 0 Å². The fourth-order valence-corrected chi connectivity index (χ4v) is 3.57. The molecule has 0 radical (unpaired) electrons. The monoisotopic (exact) mass is 319 g/mol. The van der Waals surface area contributed by atoms with E-state index in [-0.39, 0.29) is 28.8 Å². The van der Waals surface area contributed by atoms with Crippen LogP contribution in [-0.4, -0.2) is 32.4 Å². The first kappa shape index (κ1) is 16.2. The summed E-state index contributed by atoms with van der Waals surface area (Å²) in [6.07, 6.45) is 1.50. The largest absolute Gasteiger partial charge is 0.381 e. The summed E-state index contributed by atoms with van der Waals surface area (Å²) in [5.41, 5.74) is 0.226. The lowest BCUT2D eigenvalue weighted by Gasteiger charge is -2.33. The first-order valence-corrected chi connectivity index (χ1v) is 8.38. The van der Waals surface area contributed by atoms with Gasteiger partial charge in [0.05, 0.1) is 22.8 Å². The summed E-state index contributed by atoms with van der Waals surface area (Å²) in [6, 6.07) is 5.78. The molecule has 1 N–H and O–H groups in total. The van der Waals surface area contributed by atoms with E-state index in [0.717, 1.165) is 0 Å². The summed E-state index contributed by atoms with van der Waals surface area (Å²) >= 11 is 0. The van der Waals surface area contributed by atoms with Crippen LogP contribution in [0.25, 0.3) is 0 Å². The van der Waals surface area contributed by atoms with Crippen molar-refractivity contribution < 1.29 is 21.9 Å². The Morgan fingerprint density at radius 2 is 1.76 bits per heavy atom. The van der Waals surface area contributed by atoms with Crippen LogP contribution in [0.4, 0.5) is 14.5 Å². The minimum atomic E-state index is -4.61. The lowest BCUT2D eigenvalue weighted by Crippen LogP contribution is -2.37. The van der Waals surface area contributed by atoms with Crippen LogP contribution in [0.5, 0.6) is 0 Å². The third kappa shape index (κ3) is 3.71. The van der Waals surface area contributed by atoms with Gasteiger partial charge in [-0.05, 0) is 38.8 Å². The second-order valence-corrected chi connectivity index (χ2v) is 7.26. The molecule has 0 saturated carbocycles. The Kier molecular flexibility index (Phi) is 4.83. The molecule has 0 spiro atoms. The van der Waals surface area contributed by atoms with Crippen molar-refractivity contribution in [3.63, 3.8) is 0 Å². The highest BCUT2D eigenvalue weighted by Crippen LogP contribution is 2.29. The zero-order valence-corrected chi connectivity index (χ0v) is 12.7. The molecule has 1 saturated heterocycles. The Bertz CT molecular complexity index is 582. The number of ether oxygens (including phenoxy) is 1. The van der Waals surface area contributed by atoms with E-state index in [1.54, 1.807) is 6.07 Å². The van der Waals surface area contributed by atoms with Crippen molar-refractivity contribution in [3.8, 4) is 0 Å². The van der Waals surface area contributed by atoms with Gasteiger partial charge in [0.15, 0.2) is 0 Å². The van der Waals surface area contributed by atoms with E-state index in [1.807, 2.05) is 13.8 Å². The number of benzene rings is 1. The van der Waals surface area contributed by atoms with Crippen molar-refractivity contribution in [1.29, 1.82) is 0 Å². The molecule has 0 aromatic heterocycles. The van der Waals surface area contributed by atoms with E-state index in [9.17, 15) is 17.2 Å². The number of hydrogen-bond acceptors (Lipinski definition) is 4. The van der Waals surface area contributed by atoms with Gasteiger partial charge < -0.3 is 10.1 Å². The zero-order chi connectivity index (χ0) is 15.6. The molecule has 2 rings (SSSR count). The van der Waals surface area contributed by atoms with Gasteiger partial charge >= 0.3 is 5.76 Å². The highest BCUT2D eigenvalue weighted by atomic mass is 32.2. The van der Waals surface area contributed by atoms with E-state index >= 15 is 0 Å². The normalized spacial score (nSPS) is 26.8. The van der Waals surface area contributed by atoms with Crippen LogP contribution in [0.3, 0.4) is 0 Å². The summed E-state index contributed by atoms with van der Waals surface area (Å²) in [6.45, 7) is 3.87. The quantitative estimate of drug-likeness (QED) is 0.927. The standard InChI is InChI=1S/C14H19F2NO3S/c1-9-7-11(8-10(2)20-9)17-12-5-3-4-6-13(12)21(18,19)14(15)16/h3-6,9-11,14,17H,7-8H2,1-2H3. The zero-order valence-electron chi connectivity index (χ0n) is 11.9. The summed E-state index contributed by atoms with van der Waals surface area (Å²) in [5, 5.41) is 3.08. The van der Waals surface area contributed by atoms with Gasteiger partial charge in [-0.15, -0.1) is 0 Å². The number of nitrogens with one attached hydrogen (secondary N) is 1. The molecule has 1 aliphatic rings. The molecule has 1 fully saturated rings. The fourth-order valence-electron chi connectivity index (χ4n) is 2.67. The van der Waals surface area contributed by atoms with Crippen molar-refractivity contribution in [3.05, 3.63) is 24.3 Å². The van der Waals surface area contributed by atoms with Crippen LogP contribution in [0.2, 0.25) is 0 Å². The highest BCUT2D eigenvalue weighted by Gasteiger charge is 2.31. The maximum Gasteiger partial charge on any atom is 0.341 e. The maximum absolute atomic E-state index is 12.7. The lowest BCUT2D eigenvalue weighted by molar-refractivity contribution is -0.0338. The van der Waals surface area contributed by atoms with Crippen LogP contribution in [0, 0.1) is 0 Å². The number of halogens is 2. The average Bonchev–Trinajstić information content (AvgIpc) is 2.37. The van der Waals surface area contributed by atoms with Crippen molar-refractivity contribution in [2.75, 3.05) is 5.32 Å². The van der Waals surface area contributed by atoms with Gasteiger partial charge in [0.2, 0.25) is 9.84 Å². The van der Waals surface area contributed by atoms with E-state index in [1.165, 1.54) is 18.2 Å². The van der Waals surface area contributed by atoms with Crippen molar-refractivity contribution >= 4 is 15.5 Å². The predicted octanol–water partition coefficient (Wildman–Crippen LogP) is 3.05. The molecule has 21 heavy (non-hydrogen) atoms. The molecule has 0 amide bonds. The van der Waals surface area contributed by atoms with Crippen LogP contribution in [0.15, 0.2) is 29.2 Å². The summed E-state index contributed by atoms with van der Waals surface area (Å²) < 4.78 is 54.5. The third-order valence-corrected chi connectivity index (χ3v) is 4.92. The molecule has 2 atom stereocenters. The van der Waals surface area contributed by atoms with Crippen LogP contribution < -0.4 is 5.32 Å². The first-order valence-electron chi connectivity index (χ1n) is 6.83. The molecule has 1 heterocycles. The van der Waals surface area contributed by atoms with E-state index in [4.69, 9.17) is 4.74 Å². The molecule has 1 aromatic carbocycles. The smallest absolute Gasteiger partial charge is 0.341 e. The molecule has 118 valence electrons. The van der Waals surface area contributed by atoms with Gasteiger partial charge in [-0.2, -0.15) is 8.78 Å². The van der Waals surface area contributed by atoms with Crippen LogP contribution in [0.1, 0.15) is 26.7 Å².